The molecule has 0 saturated carbocycles. The molecule has 0 aliphatic rings. The Kier molecular flexibility index (Phi) is 2.74. The molecule has 1 heterocycles. The molecular weight excluding hydrogens is 126 g/mol. The second kappa shape index (κ2) is 3.88. The molecule has 1 aromatic rings. The number of hydrogen-bond donors (Lipinski definition) is 0. The zero-order valence-corrected chi connectivity index (χ0v) is 5.95. The van der Waals surface area contributed by atoms with Gasteiger partial charge in [-0.15, -0.1) is 0 Å². The maximum Gasteiger partial charge on any atom is 0.213 e. The molecule has 2 nitrogen and oxygen atoms in total. The van der Waals surface area contributed by atoms with E-state index in [9.17, 15) is 0 Å². The van der Waals surface area contributed by atoms with E-state index in [4.69, 9.17) is 4.74 Å². The molecule has 53 valence electrons. The van der Waals surface area contributed by atoms with Gasteiger partial charge in [0.05, 0.1) is 6.61 Å². The molecule has 10 heavy (non-hydrogen) atoms. The van der Waals surface area contributed by atoms with E-state index in [2.05, 4.69) is 4.98 Å². The topological polar surface area (TPSA) is 22.1 Å². The van der Waals surface area contributed by atoms with Crippen molar-refractivity contribution in [1.82, 2.24) is 4.98 Å². The Morgan fingerprint density at radius 2 is 2.50 bits per heavy atom. The molecule has 0 N–H and O–H groups in total. The molecule has 0 bridgehead atoms. The predicted octanol–water partition coefficient (Wildman–Crippen LogP) is 1.68. The van der Waals surface area contributed by atoms with Crippen molar-refractivity contribution >= 4 is 0 Å². The Morgan fingerprint density at radius 3 is 3.10 bits per heavy atom. The Labute approximate surface area is 60.9 Å². The predicted molar refractivity (Wildman–Crippen MR) is 39.7 cm³/mol. The van der Waals surface area contributed by atoms with E-state index in [1.807, 2.05) is 31.5 Å². The summed E-state index contributed by atoms with van der Waals surface area (Å²) >= 11 is 0. The monoisotopic (exact) mass is 136 g/mol. The van der Waals surface area contributed by atoms with E-state index in [1.165, 1.54) is 0 Å². The molecule has 0 atom stereocenters. The van der Waals surface area contributed by atoms with Gasteiger partial charge in [-0.2, -0.15) is 0 Å². The van der Waals surface area contributed by atoms with E-state index < -0.39 is 0 Å². The third kappa shape index (κ3) is 2.05. The molecule has 1 radical (unpaired) electrons. The van der Waals surface area contributed by atoms with Crippen LogP contribution in [0, 0.1) is 6.42 Å². The molecule has 1 rings (SSSR count). The molecule has 2 heteroatoms. The van der Waals surface area contributed by atoms with E-state index >= 15 is 0 Å². The van der Waals surface area contributed by atoms with Crippen LogP contribution in [0.1, 0.15) is 6.92 Å². The minimum absolute atomic E-state index is 0.622. The van der Waals surface area contributed by atoms with Gasteiger partial charge in [0, 0.05) is 12.3 Å². The Morgan fingerprint density at radius 1 is 1.60 bits per heavy atom. The lowest BCUT2D eigenvalue weighted by Gasteiger charge is -2.00. The Bertz CT molecular complexity index is 174. The highest BCUT2D eigenvalue weighted by molar-refractivity contribution is 5.09. The van der Waals surface area contributed by atoms with Crippen molar-refractivity contribution in [1.29, 1.82) is 0 Å². The van der Waals surface area contributed by atoms with Crippen molar-refractivity contribution in [2.24, 2.45) is 0 Å². The van der Waals surface area contributed by atoms with Gasteiger partial charge in [0.15, 0.2) is 0 Å². The lowest BCUT2D eigenvalue weighted by atomic mass is 10.5. The van der Waals surface area contributed by atoms with E-state index in [0.29, 0.717) is 12.5 Å². The van der Waals surface area contributed by atoms with Crippen LogP contribution in [-0.2, 0) is 0 Å². The third-order valence-corrected chi connectivity index (χ3v) is 1.04. The van der Waals surface area contributed by atoms with Crippen LogP contribution in [0.15, 0.2) is 24.4 Å². The fourth-order valence-corrected chi connectivity index (χ4v) is 0.601. The van der Waals surface area contributed by atoms with Gasteiger partial charge in [-0.3, -0.25) is 0 Å². The van der Waals surface area contributed by atoms with Crippen molar-refractivity contribution in [2.45, 2.75) is 6.92 Å². The van der Waals surface area contributed by atoms with Crippen molar-refractivity contribution in [3.05, 3.63) is 30.8 Å². The summed E-state index contributed by atoms with van der Waals surface area (Å²) in [5.74, 6) is 0.681. The lowest BCUT2D eigenvalue weighted by Crippen LogP contribution is -1.96. The van der Waals surface area contributed by atoms with Crippen LogP contribution in [0.3, 0.4) is 0 Å². The second-order valence-electron chi connectivity index (χ2n) is 1.89. The van der Waals surface area contributed by atoms with Crippen molar-refractivity contribution in [2.75, 3.05) is 6.61 Å². The number of aromatic nitrogens is 1. The first-order chi connectivity index (χ1) is 4.93. The fourth-order valence-electron chi connectivity index (χ4n) is 0.601. The van der Waals surface area contributed by atoms with Gasteiger partial charge in [-0.05, 0) is 12.5 Å². The number of rotatable bonds is 3. The summed E-state index contributed by atoms with van der Waals surface area (Å²) in [6, 6.07) is 5.60. The van der Waals surface area contributed by atoms with Crippen LogP contribution in [0.4, 0.5) is 0 Å². The molecule has 0 fully saturated rings. The molecule has 0 unspecified atom stereocenters. The summed E-state index contributed by atoms with van der Waals surface area (Å²) < 4.78 is 5.19. The summed E-state index contributed by atoms with van der Waals surface area (Å²) in [7, 11) is 0. The van der Waals surface area contributed by atoms with Crippen molar-refractivity contribution in [3.63, 3.8) is 0 Å². The van der Waals surface area contributed by atoms with Gasteiger partial charge in [0.25, 0.3) is 0 Å². The molecule has 1 aromatic heterocycles. The van der Waals surface area contributed by atoms with Gasteiger partial charge in [0.2, 0.25) is 5.88 Å². The van der Waals surface area contributed by atoms with Crippen LogP contribution < -0.4 is 4.74 Å². The average Bonchev–Trinajstić information content (AvgIpc) is 2.03. The average molecular weight is 136 g/mol. The first-order valence-electron chi connectivity index (χ1n) is 3.25. The SMILES string of the molecule is C[CH]COc1ccccn1. The Hall–Kier alpha value is -1.05. The quantitative estimate of drug-likeness (QED) is 0.630. The molecule has 0 aliphatic carbocycles. The van der Waals surface area contributed by atoms with Gasteiger partial charge >= 0.3 is 0 Å². The highest BCUT2D eigenvalue weighted by Crippen LogP contribution is 2.02. The number of ether oxygens (including phenoxy) is 1. The van der Waals surface area contributed by atoms with Crippen LogP contribution in [0.25, 0.3) is 0 Å². The van der Waals surface area contributed by atoms with E-state index in [-0.39, 0.29) is 0 Å². The third-order valence-electron chi connectivity index (χ3n) is 1.04. The van der Waals surface area contributed by atoms with Crippen LogP contribution in [0.5, 0.6) is 5.88 Å². The number of hydrogen-bond acceptors (Lipinski definition) is 2. The zero-order chi connectivity index (χ0) is 7.23. The van der Waals surface area contributed by atoms with Gasteiger partial charge in [-0.1, -0.05) is 13.0 Å². The maximum atomic E-state index is 5.19. The summed E-state index contributed by atoms with van der Waals surface area (Å²) in [5.41, 5.74) is 0. The maximum absolute atomic E-state index is 5.19. The van der Waals surface area contributed by atoms with Gasteiger partial charge in [-0.25, -0.2) is 4.98 Å². The molecule has 0 saturated heterocycles. The summed E-state index contributed by atoms with van der Waals surface area (Å²) in [6.07, 6.45) is 3.65. The molecule has 0 spiro atoms. The highest BCUT2D eigenvalue weighted by Gasteiger charge is 1.88. The molecule has 0 aromatic carbocycles. The number of pyridine rings is 1. The molecule has 0 aliphatic heterocycles. The summed E-state index contributed by atoms with van der Waals surface area (Å²) in [5, 5.41) is 0. The normalized spacial score (nSPS) is 9.30. The summed E-state index contributed by atoms with van der Waals surface area (Å²) in [6.45, 7) is 2.57. The van der Waals surface area contributed by atoms with Gasteiger partial charge < -0.3 is 4.74 Å². The van der Waals surface area contributed by atoms with Crippen LogP contribution >= 0.6 is 0 Å². The van der Waals surface area contributed by atoms with Crippen molar-refractivity contribution < 1.29 is 4.74 Å². The minimum Gasteiger partial charge on any atom is -0.477 e. The lowest BCUT2D eigenvalue weighted by molar-refractivity contribution is 0.336. The smallest absolute Gasteiger partial charge is 0.213 e. The van der Waals surface area contributed by atoms with E-state index in [0.717, 1.165) is 0 Å². The summed E-state index contributed by atoms with van der Waals surface area (Å²) in [4.78, 5) is 3.97. The second-order valence-corrected chi connectivity index (χ2v) is 1.89. The largest absolute Gasteiger partial charge is 0.477 e. The standard InChI is InChI=1S/C8H10NO/c1-2-7-10-8-5-3-4-6-9-8/h2-6H,7H2,1H3. The zero-order valence-electron chi connectivity index (χ0n) is 5.95. The molecular formula is C8H10NO. The van der Waals surface area contributed by atoms with Gasteiger partial charge in [0.1, 0.15) is 0 Å². The van der Waals surface area contributed by atoms with Crippen LogP contribution in [-0.4, -0.2) is 11.6 Å². The number of nitrogens with zero attached hydrogens (tertiary/aromatic N) is 1. The fraction of sp³-hybridized carbons (Fsp3) is 0.250. The Balaban J connectivity index is 2.43. The highest BCUT2D eigenvalue weighted by atomic mass is 16.5. The molecule has 0 amide bonds. The van der Waals surface area contributed by atoms with Crippen LogP contribution in [0.2, 0.25) is 0 Å². The minimum atomic E-state index is 0.622. The first kappa shape index (κ1) is 7.06. The van der Waals surface area contributed by atoms with E-state index in [1.54, 1.807) is 6.20 Å². The van der Waals surface area contributed by atoms with Crippen molar-refractivity contribution in [3.8, 4) is 5.88 Å². The first-order valence-corrected chi connectivity index (χ1v) is 3.25.